The van der Waals surface area contributed by atoms with E-state index in [1.807, 2.05) is 13.0 Å². The third-order valence-corrected chi connectivity index (χ3v) is 3.31. The molecule has 2 aromatic carbocycles. The minimum Gasteiger partial charge on any atom is -0.494 e. The van der Waals surface area contributed by atoms with Crippen molar-refractivity contribution in [2.24, 2.45) is 0 Å². The van der Waals surface area contributed by atoms with Crippen LogP contribution in [0.1, 0.15) is 35.3 Å². The Balaban J connectivity index is 2.16. The van der Waals surface area contributed by atoms with Crippen molar-refractivity contribution in [2.75, 3.05) is 6.61 Å². The molecule has 0 aliphatic heterocycles. The number of carbonyl (C=O) groups is 2. The van der Waals surface area contributed by atoms with E-state index in [4.69, 9.17) is 9.84 Å². The number of amides is 1. The molecular formula is C18H19NO4. The van der Waals surface area contributed by atoms with Gasteiger partial charge in [0.25, 0.3) is 5.91 Å². The SMILES string of the molecule is CCOc1ccc(C(CC(=O)O)NC(=O)c2ccccc2)cc1. The smallest absolute Gasteiger partial charge is 0.305 e. The van der Waals surface area contributed by atoms with E-state index in [1.165, 1.54) is 0 Å². The van der Waals surface area contributed by atoms with Gasteiger partial charge >= 0.3 is 5.97 Å². The van der Waals surface area contributed by atoms with Gasteiger partial charge < -0.3 is 15.2 Å². The molecule has 0 aromatic heterocycles. The lowest BCUT2D eigenvalue weighted by Crippen LogP contribution is -2.30. The van der Waals surface area contributed by atoms with Crippen molar-refractivity contribution in [3.05, 3.63) is 65.7 Å². The average Bonchev–Trinajstić information content (AvgIpc) is 2.55. The Bertz CT molecular complexity index is 652. The van der Waals surface area contributed by atoms with Crippen molar-refractivity contribution in [1.82, 2.24) is 5.32 Å². The van der Waals surface area contributed by atoms with Crippen LogP contribution in [0.2, 0.25) is 0 Å². The van der Waals surface area contributed by atoms with Crippen LogP contribution in [0.25, 0.3) is 0 Å². The zero-order valence-corrected chi connectivity index (χ0v) is 12.9. The summed E-state index contributed by atoms with van der Waals surface area (Å²) >= 11 is 0. The average molecular weight is 313 g/mol. The van der Waals surface area contributed by atoms with Crippen molar-refractivity contribution in [3.8, 4) is 5.75 Å². The lowest BCUT2D eigenvalue weighted by Gasteiger charge is -2.18. The predicted octanol–water partition coefficient (Wildman–Crippen LogP) is 3.03. The van der Waals surface area contributed by atoms with Crippen LogP contribution >= 0.6 is 0 Å². The zero-order valence-electron chi connectivity index (χ0n) is 12.9. The van der Waals surface area contributed by atoms with E-state index in [2.05, 4.69) is 5.32 Å². The molecule has 0 saturated heterocycles. The van der Waals surface area contributed by atoms with Gasteiger partial charge in [-0.05, 0) is 36.8 Å². The lowest BCUT2D eigenvalue weighted by molar-refractivity contribution is -0.137. The molecule has 1 unspecified atom stereocenters. The zero-order chi connectivity index (χ0) is 16.7. The second kappa shape index (κ2) is 7.98. The molecule has 2 rings (SSSR count). The number of nitrogens with one attached hydrogen (secondary N) is 1. The largest absolute Gasteiger partial charge is 0.494 e. The number of benzene rings is 2. The van der Waals surface area contributed by atoms with Crippen LogP contribution in [-0.4, -0.2) is 23.6 Å². The summed E-state index contributed by atoms with van der Waals surface area (Å²) in [5.41, 5.74) is 1.22. The van der Waals surface area contributed by atoms with Crippen LogP contribution in [0.4, 0.5) is 0 Å². The molecule has 23 heavy (non-hydrogen) atoms. The Morgan fingerprint density at radius 3 is 2.30 bits per heavy atom. The van der Waals surface area contributed by atoms with Crippen molar-refractivity contribution in [2.45, 2.75) is 19.4 Å². The second-order valence-corrected chi connectivity index (χ2v) is 4.99. The summed E-state index contributed by atoms with van der Waals surface area (Å²) in [7, 11) is 0. The first-order valence-electron chi connectivity index (χ1n) is 7.40. The molecule has 120 valence electrons. The fraction of sp³-hybridized carbons (Fsp3) is 0.222. The molecule has 2 N–H and O–H groups in total. The minimum absolute atomic E-state index is 0.188. The van der Waals surface area contributed by atoms with Gasteiger partial charge in [0.1, 0.15) is 5.75 Å². The fourth-order valence-corrected chi connectivity index (χ4v) is 2.22. The molecule has 0 spiro atoms. The fourth-order valence-electron chi connectivity index (χ4n) is 2.22. The normalized spacial score (nSPS) is 11.5. The number of hydrogen-bond donors (Lipinski definition) is 2. The molecule has 0 radical (unpaired) electrons. The monoisotopic (exact) mass is 313 g/mol. The summed E-state index contributed by atoms with van der Waals surface area (Å²) in [5, 5.41) is 11.9. The topological polar surface area (TPSA) is 75.6 Å². The molecule has 0 bridgehead atoms. The van der Waals surface area contributed by atoms with Crippen molar-refractivity contribution in [1.29, 1.82) is 0 Å². The molecule has 0 saturated carbocycles. The Morgan fingerprint density at radius 2 is 1.74 bits per heavy atom. The number of aliphatic carboxylic acids is 1. The summed E-state index contributed by atoms with van der Waals surface area (Å²) in [6.07, 6.45) is -0.188. The molecule has 0 heterocycles. The molecule has 0 fully saturated rings. The van der Waals surface area contributed by atoms with Crippen molar-refractivity contribution < 1.29 is 19.4 Å². The highest BCUT2D eigenvalue weighted by Gasteiger charge is 2.19. The number of ether oxygens (including phenoxy) is 1. The summed E-state index contributed by atoms with van der Waals surface area (Å²) in [6, 6.07) is 15.2. The molecule has 1 atom stereocenters. The summed E-state index contributed by atoms with van der Waals surface area (Å²) in [5.74, 6) is -0.567. The van der Waals surface area contributed by atoms with E-state index in [9.17, 15) is 9.59 Å². The van der Waals surface area contributed by atoms with Crippen LogP contribution in [-0.2, 0) is 4.79 Å². The number of carboxylic acid groups (broad SMARTS) is 1. The molecular weight excluding hydrogens is 294 g/mol. The maximum atomic E-state index is 12.3. The van der Waals surface area contributed by atoms with Gasteiger partial charge in [-0.25, -0.2) is 0 Å². The highest BCUT2D eigenvalue weighted by Crippen LogP contribution is 2.21. The van der Waals surface area contributed by atoms with Crippen molar-refractivity contribution in [3.63, 3.8) is 0 Å². The Kier molecular flexibility index (Phi) is 5.74. The Morgan fingerprint density at radius 1 is 1.09 bits per heavy atom. The van der Waals surface area contributed by atoms with Gasteiger partial charge in [0.05, 0.1) is 19.1 Å². The minimum atomic E-state index is -0.975. The van der Waals surface area contributed by atoms with E-state index in [0.717, 1.165) is 5.56 Å². The van der Waals surface area contributed by atoms with Crippen LogP contribution in [0, 0.1) is 0 Å². The van der Waals surface area contributed by atoms with Gasteiger partial charge in [-0.3, -0.25) is 9.59 Å². The first kappa shape index (κ1) is 16.5. The third kappa shape index (κ3) is 4.85. The molecule has 1 amide bonds. The van der Waals surface area contributed by atoms with E-state index in [0.29, 0.717) is 17.9 Å². The molecule has 5 nitrogen and oxygen atoms in total. The summed E-state index contributed by atoms with van der Waals surface area (Å²) in [6.45, 7) is 2.45. The van der Waals surface area contributed by atoms with Gasteiger partial charge in [0.15, 0.2) is 0 Å². The van der Waals surface area contributed by atoms with Crippen LogP contribution in [0.15, 0.2) is 54.6 Å². The molecule has 0 aliphatic carbocycles. The Labute approximate surface area is 134 Å². The van der Waals surface area contributed by atoms with Crippen molar-refractivity contribution >= 4 is 11.9 Å². The summed E-state index contributed by atoms with van der Waals surface area (Å²) < 4.78 is 5.37. The number of hydrogen-bond acceptors (Lipinski definition) is 3. The van der Waals surface area contributed by atoms with Gasteiger partial charge in [-0.2, -0.15) is 0 Å². The van der Waals surface area contributed by atoms with Crippen LogP contribution < -0.4 is 10.1 Å². The molecule has 0 aliphatic rings. The first-order valence-corrected chi connectivity index (χ1v) is 7.40. The van der Waals surface area contributed by atoms with E-state index >= 15 is 0 Å². The van der Waals surface area contributed by atoms with E-state index in [1.54, 1.807) is 48.5 Å². The van der Waals surface area contributed by atoms with E-state index < -0.39 is 12.0 Å². The third-order valence-electron chi connectivity index (χ3n) is 3.31. The highest BCUT2D eigenvalue weighted by atomic mass is 16.5. The first-order chi connectivity index (χ1) is 11.1. The summed E-state index contributed by atoms with van der Waals surface area (Å²) in [4.78, 5) is 23.3. The highest BCUT2D eigenvalue weighted by molar-refractivity contribution is 5.94. The van der Waals surface area contributed by atoms with Gasteiger partial charge in [-0.15, -0.1) is 0 Å². The van der Waals surface area contributed by atoms with Gasteiger partial charge in [0.2, 0.25) is 0 Å². The van der Waals surface area contributed by atoms with Gasteiger partial charge in [0, 0.05) is 5.56 Å². The second-order valence-electron chi connectivity index (χ2n) is 4.99. The lowest BCUT2D eigenvalue weighted by atomic mass is 10.0. The maximum Gasteiger partial charge on any atom is 0.305 e. The number of carboxylic acids is 1. The Hall–Kier alpha value is -2.82. The molecule has 5 heteroatoms. The van der Waals surface area contributed by atoms with E-state index in [-0.39, 0.29) is 12.3 Å². The quantitative estimate of drug-likeness (QED) is 0.824. The van der Waals surface area contributed by atoms with Crippen LogP contribution in [0.5, 0.6) is 5.75 Å². The van der Waals surface area contributed by atoms with Crippen LogP contribution in [0.3, 0.4) is 0 Å². The van der Waals surface area contributed by atoms with Gasteiger partial charge in [-0.1, -0.05) is 30.3 Å². The maximum absolute atomic E-state index is 12.3. The number of carbonyl (C=O) groups excluding carboxylic acids is 1. The standard InChI is InChI=1S/C18H19NO4/c1-2-23-15-10-8-13(9-11-15)16(12-17(20)21)19-18(22)14-6-4-3-5-7-14/h3-11,16H,2,12H2,1H3,(H,19,22)(H,20,21). The predicted molar refractivity (Wildman–Crippen MR) is 86.5 cm³/mol. The number of rotatable bonds is 7. The molecule has 2 aromatic rings.